The van der Waals surface area contributed by atoms with Crippen molar-refractivity contribution in [2.24, 2.45) is 19.1 Å². The number of nitrogens with one attached hydrogen (secondary N) is 2. The molecule has 8 heteroatoms. The van der Waals surface area contributed by atoms with Crippen molar-refractivity contribution in [1.82, 2.24) is 30.2 Å². The first-order valence-electron chi connectivity index (χ1n) is 6.09. The van der Waals surface area contributed by atoms with E-state index in [1.807, 2.05) is 35.6 Å². The minimum atomic E-state index is 0. The first kappa shape index (κ1) is 16.5. The zero-order chi connectivity index (χ0) is 13.7. The summed E-state index contributed by atoms with van der Waals surface area (Å²) in [6, 6.07) is 3.95. The van der Waals surface area contributed by atoms with Gasteiger partial charge in [-0.2, -0.15) is 10.2 Å². The summed E-state index contributed by atoms with van der Waals surface area (Å²) in [4.78, 5) is 4.18. The van der Waals surface area contributed by atoms with Gasteiger partial charge in [0.2, 0.25) is 0 Å². The SMILES string of the molecule is CN=C(NCc1ccnn1C)NCc1ccnn1C.I. The molecule has 0 saturated carbocycles. The van der Waals surface area contributed by atoms with Crippen molar-refractivity contribution in [3.05, 3.63) is 35.9 Å². The van der Waals surface area contributed by atoms with Crippen molar-refractivity contribution in [1.29, 1.82) is 0 Å². The molecule has 0 spiro atoms. The Morgan fingerprint density at radius 3 is 1.80 bits per heavy atom. The summed E-state index contributed by atoms with van der Waals surface area (Å²) >= 11 is 0. The summed E-state index contributed by atoms with van der Waals surface area (Å²) in [7, 11) is 5.59. The van der Waals surface area contributed by atoms with Gasteiger partial charge in [-0.25, -0.2) is 0 Å². The Bertz CT molecular complexity index is 511. The molecular formula is C12H20IN7. The third-order valence-corrected chi connectivity index (χ3v) is 2.94. The molecule has 0 radical (unpaired) electrons. The third-order valence-electron chi connectivity index (χ3n) is 2.94. The van der Waals surface area contributed by atoms with E-state index in [9.17, 15) is 0 Å². The minimum Gasteiger partial charge on any atom is -0.351 e. The van der Waals surface area contributed by atoms with E-state index in [4.69, 9.17) is 0 Å². The largest absolute Gasteiger partial charge is 0.351 e. The van der Waals surface area contributed by atoms with E-state index in [1.54, 1.807) is 19.4 Å². The van der Waals surface area contributed by atoms with Crippen LogP contribution in [0.15, 0.2) is 29.5 Å². The van der Waals surface area contributed by atoms with Gasteiger partial charge in [0.25, 0.3) is 0 Å². The van der Waals surface area contributed by atoms with Crippen LogP contribution in [-0.4, -0.2) is 32.6 Å². The summed E-state index contributed by atoms with van der Waals surface area (Å²) < 4.78 is 3.67. The molecular weight excluding hydrogens is 369 g/mol. The van der Waals surface area contributed by atoms with E-state index in [-0.39, 0.29) is 24.0 Å². The highest BCUT2D eigenvalue weighted by Gasteiger charge is 2.03. The Hall–Kier alpha value is -1.58. The maximum absolute atomic E-state index is 4.18. The van der Waals surface area contributed by atoms with E-state index in [0.717, 1.165) is 17.3 Å². The van der Waals surface area contributed by atoms with E-state index in [1.165, 1.54) is 0 Å². The van der Waals surface area contributed by atoms with Gasteiger partial charge >= 0.3 is 0 Å². The van der Waals surface area contributed by atoms with Gasteiger partial charge in [-0.05, 0) is 12.1 Å². The summed E-state index contributed by atoms with van der Waals surface area (Å²) in [5.41, 5.74) is 2.20. The molecule has 2 N–H and O–H groups in total. The van der Waals surface area contributed by atoms with Gasteiger partial charge in [0.1, 0.15) is 0 Å². The molecule has 0 fully saturated rings. The van der Waals surface area contributed by atoms with E-state index in [2.05, 4.69) is 25.8 Å². The monoisotopic (exact) mass is 389 g/mol. The lowest BCUT2D eigenvalue weighted by Gasteiger charge is -2.12. The van der Waals surface area contributed by atoms with Crippen LogP contribution >= 0.6 is 24.0 Å². The minimum absolute atomic E-state index is 0. The molecule has 2 aromatic heterocycles. The van der Waals surface area contributed by atoms with Crippen molar-refractivity contribution >= 4 is 29.9 Å². The Morgan fingerprint density at radius 1 is 1.05 bits per heavy atom. The number of halogens is 1. The number of rotatable bonds is 4. The van der Waals surface area contributed by atoms with Crippen molar-refractivity contribution in [2.75, 3.05) is 7.05 Å². The van der Waals surface area contributed by atoms with Crippen LogP contribution in [0.2, 0.25) is 0 Å². The predicted octanol–water partition coefficient (Wildman–Crippen LogP) is 0.637. The van der Waals surface area contributed by atoms with Crippen molar-refractivity contribution in [2.45, 2.75) is 13.1 Å². The second-order valence-corrected chi connectivity index (χ2v) is 4.17. The average molecular weight is 389 g/mol. The highest BCUT2D eigenvalue weighted by molar-refractivity contribution is 14.0. The van der Waals surface area contributed by atoms with Crippen molar-refractivity contribution < 1.29 is 0 Å². The lowest BCUT2D eigenvalue weighted by atomic mass is 10.4. The van der Waals surface area contributed by atoms with Gasteiger partial charge in [-0.1, -0.05) is 0 Å². The number of nitrogens with zero attached hydrogens (tertiary/aromatic N) is 5. The number of aryl methyl sites for hydroxylation is 2. The molecule has 7 nitrogen and oxygen atoms in total. The van der Waals surface area contributed by atoms with Gasteiger partial charge in [0.15, 0.2) is 5.96 Å². The van der Waals surface area contributed by atoms with Gasteiger partial charge in [-0.3, -0.25) is 14.4 Å². The van der Waals surface area contributed by atoms with Crippen molar-refractivity contribution in [3.8, 4) is 0 Å². The molecule has 0 amide bonds. The Kier molecular flexibility index (Phi) is 6.49. The predicted molar refractivity (Wildman–Crippen MR) is 88.9 cm³/mol. The van der Waals surface area contributed by atoms with Crippen molar-refractivity contribution in [3.63, 3.8) is 0 Å². The van der Waals surface area contributed by atoms with E-state index in [0.29, 0.717) is 13.1 Å². The lowest BCUT2D eigenvalue weighted by molar-refractivity contribution is 0.668. The fourth-order valence-electron chi connectivity index (χ4n) is 1.72. The van der Waals surface area contributed by atoms with Crippen LogP contribution in [0.1, 0.15) is 11.4 Å². The molecule has 2 rings (SSSR count). The van der Waals surface area contributed by atoms with E-state index < -0.39 is 0 Å². The quantitative estimate of drug-likeness (QED) is 0.458. The summed E-state index contributed by atoms with van der Waals surface area (Å²) in [5, 5.41) is 14.7. The number of aliphatic imine (C=N–C) groups is 1. The van der Waals surface area contributed by atoms with Gasteiger partial charge < -0.3 is 10.6 Å². The molecule has 20 heavy (non-hydrogen) atoms. The molecule has 0 saturated heterocycles. The average Bonchev–Trinajstić information content (AvgIpc) is 2.99. The molecule has 0 unspecified atom stereocenters. The highest BCUT2D eigenvalue weighted by Crippen LogP contribution is 1.96. The van der Waals surface area contributed by atoms with Crippen LogP contribution in [0, 0.1) is 0 Å². The Labute approximate surface area is 135 Å². The first-order valence-corrected chi connectivity index (χ1v) is 6.09. The molecule has 0 atom stereocenters. The zero-order valence-corrected chi connectivity index (χ0v) is 14.2. The second kappa shape index (κ2) is 7.88. The number of hydrogen-bond acceptors (Lipinski definition) is 3. The molecule has 0 aliphatic carbocycles. The standard InChI is InChI=1S/C12H19N7.HI/c1-13-12(14-8-10-4-6-16-18(10)2)15-9-11-5-7-17-19(11)3;/h4-7H,8-9H2,1-3H3,(H2,13,14,15);1H. The van der Waals surface area contributed by atoms with Crippen LogP contribution in [0.3, 0.4) is 0 Å². The van der Waals surface area contributed by atoms with Crippen LogP contribution in [0.25, 0.3) is 0 Å². The summed E-state index contributed by atoms with van der Waals surface area (Å²) in [6.07, 6.45) is 3.56. The number of guanidine groups is 1. The topological polar surface area (TPSA) is 72.1 Å². The Morgan fingerprint density at radius 2 is 1.50 bits per heavy atom. The van der Waals surface area contributed by atoms with Crippen LogP contribution in [0.4, 0.5) is 0 Å². The maximum Gasteiger partial charge on any atom is 0.191 e. The number of aromatic nitrogens is 4. The molecule has 2 aromatic rings. The third kappa shape index (κ3) is 4.22. The maximum atomic E-state index is 4.18. The van der Waals surface area contributed by atoms with Gasteiger partial charge in [-0.15, -0.1) is 24.0 Å². The van der Waals surface area contributed by atoms with E-state index >= 15 is 0 Å². The number of hydrogen-bond donors (Lipinski definition) is 2. The highest BCUT2D eigenvalue weighted by atomic mass is 127. The second-order valence-electron chi connectivity index (χ2n) is 4.17. The fraction of sp³-hybridized carbons (Fsp3) is 0.417. The fourth-order valence-corrected chi connectivity index (χ4v) is 1.72. The van der Waals surface area contributed by atoms with Gasteiger partial charge in [0.05, 0.1) is 24.5 Å². The molecule has 0 aliphatic rings. The van der Waals surface area contributed by atoms with Crippen LogP contribution in [-0.2, 0) is 27.2 Å². The normalized spacial score (nSPS) is 9.75. The molecule has 0 aromatic carbocycles. The van der Waals surface area contributed by atoms with Crippen LogP contribution in [0.5, 0.6) is 0 Å². The summed E-state index contributed by atoms with van der Waals surface area (Å²) in [6.45, 7) is 1.36. The summed E-state index contributed by atoms with van der Waals surface area (Å²) in [5.74, 6) is 0.752. The Balaban J connectivity index is 0.00000200. The lowest BCUT2D eigenvalue weighted by Crippen LogP contribution is -2.37. The zero-order valence-electron chi connectivity index (χ0n) is 11.9. The first-order chi connectivity index (χ1) is 9.20. The molecule has 0 aliphatic heterocycles. The molecule has 110 valence electrons. The smallest absolute Gasteiger partial charge is 0.191 e. The molecule has 2 heterocycles. The van der Waals surface area contributed by atoms with Crippen LogP contribution < -0.4 is 10.6 Å². The molecule has 0 bridgehead atoms. The van der Waals surface area contributed by atoms with Gasteiger partial charge in [0, 0.05) is 33.5 Å².